The average molecular weight is 237 g/mol. The first kappa shape index (κ1) is 11.5. The van der Waals surface area contributed by atoms with Gasteiger partial charge in [0.2, 0.25) is 9.05 Å². The molecule has 0 fully saturated rings. The normalized spacial score (nSPS) is 13.9. The van der Waals surface area contributed by atoms with Crippen LogP contribution < -0.4 is 0 Å². The summed E-state index contributed by atoms with van der Waals surface area (Å²) in [5.74, 6) is -0.635. The fourth-order valence-electron chi connectivity index (χ4n) is 1.14. The molecule has 1 aromatic rings. The van der Waals surface area contributed by atoms with Crippen molar-refractivity contribution in [3.05, 3.63) is 35.9 Å². The smallest absolute Gasteiger partial charge is 0.235 e. The maximum Gasteiger partial charge on any atom is 0.235 e. The molecule has 1 rings (SSSR count). The molecular weight excluding hydrogens is 227 g/mol. The van der Waals surface area contributed by atoms with E-state index in [4.69, 9.17) is 10.7 Å². The number of rotatable bonds is 4. The van der Waals surface area contributed by atoms with Crippen LogP contribution in [-0.2, 0) is 15.5 Å². The summed E-state index contributed by atoms with van der Waals surface area (Å²) < 4.78 is 34.2. The minimum atomic E-state index is -3.75. The van der Waals surface area contributed by atoms with Crippen LogP contribution in [0.25, 0.3) is 0 Å². The lowest BCUT2D eigenvalue weighted by atomic mass is 10.1. The van der Waals surface area contributed by atoms with Crippen LogP contribution in [0.15, 0.2) is 30.3 Å². The van der Waals surface area contributed by atoms with Gasteiger partial charge < -0.3 is 0 Å². The molecular formula is C9H10ClFO2S. The number of alkyl halides is 1. The van der Waals surface area contributed by atoms with Gasteiger partial charge >= 0.3 is 0 Å². The van der Waals surface area contributed by atoms with Gasteiger partial charge in [-0.2, -0.15) is 0 Å². The third kappa shape index (κ3) is 4.58. The minimum Gasteiger partial charge on any atom is -0.246 e. The molecule has 78 valence electrons. The van der Waals surface area contributed by atoms with E-state index in [-0.39, 0.29) is 6.42 Å². The van der Waals surface area contributed by atoms with Crippen LogP contribution in [0.5, 0.6) is 0 Å². The van der Waals surface area contributed by atoms with Crippen molar-refractivity contribution in [2.24, 2.45) is 0 Å². The summed E-state index contributed by atoms with van der Waals surface area (Å²) in [6, 6.07) is 8.85. The molecule has 0 N–H and O–H groups in total. The van der Waals surface area contributed by atoms with E-state index >= 15 is 0 Å². The molecule has 14 heavy (non-hydrogen) atoms. The van der Waals surface area contributed by atoms with E-state index in [1.54, 1.807) is 24.3 Å². The van der Waals surface area contributed by atoms with Gasteiger partial charge in [-0.25, -0.2) is 12.8 Å². The Morgan fingerprint density at radius 1 is 1.29 bits per heavy atom. The first-order chi connectivity index (χ1) is 6.47. The van der Waals surface area contributed by atoms with Crippen LogP contribution in [-0.4, -0.2) is 20.3 Å². The first-order valence-corrected chi connectivity index (χ1v) is 6.55. The second-order valence-electron chi connectivity index (χ2n) is 2.99. The first-order valence-electron chi connectivity index (χ1n) is 4.08. The van der Waals surface area contributed by atoms with Gasteiger partial charge in [0.25, 0.3) is 0 Å². The van der Waals surface area contributed by atoms with Gasteiger partial charge in [-0.05, 0) is 5.56 Å². The van der Waals surface area contributed by atoms with Crippen LogP contribution in [0.4, 0.5) is 4.39 Å². The highest BCUT2D eigenvalue weighted by atomic mass is 35.7. The van der Waals surface area contributed by atoms with Gasteiger partial charge in [0.05, 0.1) is 5.75 Å². The number of benzene rings is 1. The van der Waals surface area contributed by atoms with Crippen molar-refractivity contribution in [1.82, 2.24) is 0 Å². The number of hydrogen-bond acceptors (Lipinski definition) is 2. The van der Waals surface area contributed by atoms with E-state index in [0.29, 0.717) is 0 Å². The summed E-state index contributed by atoms with van der Waals surface area (Å²) in [5.41, 5.74) is 0.764. The molecule has 0 saturated heterocycles. The van der Waals surface area contributed by atoms with Crippen LogP contribution in [0, 0.1) is 0 Å². The van der Waals surface area contributed by atoms with E-state index in [1.165, 1.54) is 0 Å². The van der Waals surface area contributed by atoms with Crippen molar-refractivity contribution in [3.8, 4) is 0 Å². The van der Waals surface area contributed by atoms with Crippen molar-refractivity contribution in [2.45, 2.75) is 12.6 Å². The lowest BCUT2D eigenvalue weighted by Gasteiger charge is -2.05. The summed E-state index contributed by atoms with van der Waals surface area (Å²) in [7, 11) is 1.18. The van der Waals surface area contributed by atoms with Crippen LogP contribution in [0.2, 0.25) is 0 Å². The fourth-order valence-corrected chi connectivity index (χ4v) is 2.10. The Balaban J connectivity index is 2.54. The molecule has 0 spiro atoms. The van der Waals surface area contributed by atoms with Crippen molar-refractivity contribution >= 4 is 19.7 Å². The van der Waals surface area contributed by atoms with Crippen LogP contribution in [0.3, 0.4) is 0 Å². The van der Waals surface area contributed by atoms with E-state index in [2.05, 4.69) is 0 Å². The third-order valence-corrected chi connectivity index (χ3v) is 2.82. The van der Waals surface area contributed by atoms with E-state index in [1.807, 2.05) is 6.07 Å². The maximum atomic E-state index is 13.1. The third-order valence-electron chi connectivity index (χ3n) is 1.68. The SMILES string of the molecule is O=S(=O)(Cl)CC(F)Cc1ccccc1. The van der Waals surface area contributed by atoms with Crippen LogP contribution >= 0.6 is 10.7 Å². The lowest BCUT2D eigenvalue weighted by Crippen LogP contribution is -2.15. The molecule has 5 heteroatoms. The molecule has 2 nitrogen and oxygen atoms in total. The molecule has 1 atom stereocenters. The lowest BCUT2D eigenvalue weighted by molar-refractivity contribution is 0.362. The summed E-state index contributed by atoms with van der Waals surface area (Å²) >= 11 is 0. The van der Waals surface area contributed by atoms with Gasteiger partial charge in [-0.3, -0.25) is 0 Å². The quantitative estimate of drug-likeness (QED) is 0.751. The predicted octanol–water partition coefficient (Wildman–Crippen LogP) is 2.14. The summed E-state index contributed by atoms with van der Waals surface area (Å²) in [4.78, 5) is 0. The van der Waals surface area contributed by atoms with E-state index in [0.717, 1.165) is 5.56 Å². The highest BCUT2D eigenvalue weighted by molar-refractivity contribution is 8.13. The zero-order valence-electron chi connectivity index (χ0n) is 7.36. The summed E-state index contributed by atoms with van der Waals surface area (Å²) in [6.07, 6.45) is -1.37. The Hall–Kier alpha value is -0.610. The zero-order chi connectivity index (χ0) is 10.6. The molecule has 0 heterocycles. The van der Waals surface area contributed by atoms with Gasteiger partial charge in [-0.15, -0.1) is 0 Å². The molecule has 0 aliphatic rings. The van der Waals surface area contributed by atoms with E-state index in [9.17, 15) is 12.8 Å². The largest absolute Gasteiger partial charge is 0.246 e. The van der Waals surface area contributed by atoms with Crippen molar-refractivity contribution in [3.63, 3.8) is 0 Å². The zero-order valence-corrected chi connectivity index (χ0v) is 8.93. The van der Waals surface area contributed by atoms with Gasteiger partial charge in [-0.1, -0.05) is 30.3 Å². The molecule has 1 aromatic carbocycles. The highest BCUT2D eigenvalue weighted by Crippen LogP contribution is 2.09. The minimum absolute atomic E-state index is 0.0762. The second-order valence-corrected chi connectivity index (χ2v) is 5.81. The standard InChI is InChI=1S/C9H10ClFO2S/c10-14(12,13)7-9(11)6-8-4-2-1-3-5-8/h1-5,9H,6-7H2. The fraction of sp³-hybridized carbons (Fsp3) is 0.333. The van der Waals surface area contributed by atoms with Gasteiger partial charge in [0, 0.05) is 17.1 Å². The summed E-state index contributed by atoms with van der Waals surface area (Å²) in [6.45, 7) is 0. The van der Waals surface area contributed by atoms with Crippen molar-refractivity contribution < 1.29 is 12.8 Å². The summed E-state index contributed by atoms with van der Waals surface area (Å²) in [5, 5.41) is 0. The van der Waals surface area contributed by atoms with Gasteiger partial charge in [0.1, 0.15) is 6.17 Å². The molecule has 0 saturated carbocycles. The number of halogens is 2. The maximum absolute atomic E-state index is 13.1. The second kappa shape index (κ2) is 4.75. The Bertz CT molecular complexity index is 377. The van der Waals surface area contributed by atoms with Gasteiger partial charge in [0.15, 0.2) is 0 Å². The molecule has 0 amide bonds. The predicted molar refractivity (Wildman–Crippen MR) is 54.7 cm³/mol. The topological polar surface area (TPSA) is 34.1 Å². The molecule has 0 aliphatic heterocycles. The highest BCUT2D eigenvalue weighted by Gasteiger charge is 2.16. The molecule has 0 aromatic heterocycles. The molecule has 0 bridgehead atoms. The van der Waals surface area contributed by atoms with Crippen LogP contribution in [0.1, 0.15) is 5.56 Å². The Labute approximate surface area is 87.1 Å². The molecule has 0 radical (unpaired) electrons. The van der Waals surface area contributed by atoms with Crippen molar-refractivity contribution in [1.29, 1.82) is 0 Å². The Morgan fingerprint density at radius 3 is 2.36 bits per heavy atom. The van der Waals surface area contributed by atoms with E-state index < -0.39 is 21.0 Å². The molecule has 1 unspecified atom stereocenters. The van der Waals surface area contributed by atoms with Crippen molar-refractivity contribution in [2.75, 3.05) is 5.75 Å². The number of hydrogen-bond donors (Lipinski definition) is 0. The average Bonchev–Trinajstić information content (AvgIpc) is 2.02. The monoisotopic (exact) mass is 236 g/mol. The Kier molecular flexibility index (Phi) is 3.89. The molecule has 0 aliphatic carbocycles. The Morgan fingerprint density at radius 2 is 1.86 bits per heavy atom.